The summed E-state index contributed by atoms with van der Waals surface area (Å²) in [6.45, 7) is -0.433. The van der Waals surface area contributed by atoms with Crippen LogP contribution in [0.2, 0.25) is 0 Å². The van der Waals surface area contributed by atoms with Gasteiger partial charge in [-0.05, 0) is 24.5 Å². The molecule has 1 rings (SSSR count). The van der Waals surface area contributed by atoms with Crippen molar-refractivity contribution in [3.8, 4) is 6.07 Å². The van der Waals surface area contributed by atoms with Gasteiger partial charge >= 0.3 is 6.18 Å². The average Bonchev–Trinajstić information content (AvgIpc) is 2.28. The fourth-order valence-electron chi connectivity index (χ4n) is 1.19. The summed E-state index contributed by atoms with van der Waals surface area (Å²) in [6, 6.07) is 8.28. The number of thioether (sulfide) groups is 1. The molecule has 0 saturated carbocycles. The molecule has 2 nitrogen and oxygen atoms in total. The molecule has 0 fully saturated rings. The molecule has 92 valence electrons. The molecule has 6 heteroatoms. The van der Waals surface area contributed by atoms with E-state index in [1.54, 1.807) is 18.2 Å². The van der Waals surface area contributed by atoms with Gasteiger partial charge in [-0.3, -0.25) is 0 Å². The van der Waals surface area contributed by atoms with Crippen LogP contribution in [0.15, 0.2) is 29.2 Å². The summed E-state index contributed by atoms with van der Waals surface area (Å²) in [4.78, 5) is 0.954. The first-order chi connectivity index (χ1) is 7.97. The fourth-order valence-corrected chi connectivity index (χ4v) is 1.65. The van der Waals surface area contributed by atoms with Crippen LogP contribution in [0.5, 0.6) is 0 Å². The molecular formula is C11H11F3N2S. The van der Waals surface area contributed by atoms with Crippen LogP contribution in [0, 0.1) is 17.2 Å². The molecule has 1 atom stereocenters. The predicted molar refractivity (Wildman–Crippen MR) is 61.9 cm³/mol. The van der Waals surface area contributed by atoms with Crippen molar-refractivity contribution in [1.82, 2.24) is 0 Å². The third-order valence-electron chi connectivity index (χ3n) is 2.13. The van der Waals surface area contributed by atoms with Crippen LogP contribution in [-0.4, -0.2) is 19.0 Å². The Morgan fingerprint density at radius 3 is 2.71 bits per heavy atom. The molecule has 0 aromatic heterocycles. The number of nitrogens with one attached hydrogen (secondary N) is 1. The Labute approximate surface area is 102 Å². The average molecular weight is 260 g/mol. The zero-order valence-electron chi connectivity index (χ0n) is 9.08. The van der Waals surface area contributed by atoms with E-state index in [1.165, 1.54) is 17.8 Å². The third kappa shape index (κ3) is 4.19. The highest BCUT2D eigenvalue weighted by Crippen LogP contribution is 2.26. The first-order valence-corrected chi connectivity index (χ1v) is 6.04. The minimum atomic E-state index is -4.49. The molecule has 0 radical (unpaired) electrons. The van der Waals surface area contributed by atoms with E-state index in [9.17, 15) is 13.2 Å². The minimum absolute atomic E-state index is 0.433. The van der Waals surface area contributed by atoms with Crippen molar-refractivity contribution in [2.45, 2.75) is 11.1 Å². The Morgan fingerprint density at radius 1 is 1.47 bits per heavy atom. The molecule has 0 spiro atoms. The van der Waals surface area contributed by atoms with E-state index >= 15 is 0 Å². The van der Waals surface area contributed by atoms with Crippen LogP contribution in [0.1, 0.15) is 0 Å². The summed E-state index contributed by atoms with van der Waals surface area (Å²) in [5.74, 6) is -1.99. The summed E-state index contributed by atoms with van der Waals surface area (Å²) in [7, 11) is 0. The summed E-state index contributed by atoms with van der Waals surface area (Å²) in [5, 5.41) is 11.0. The van der Waals surface area contributed by atoms with Gasteiger partial charge in [0, 0.05) is 17.1 Å². The van der Waals surface area contributed by atoms with E-state index in [0.717, 1.165) is 4.90 Å². The SMILES string of the molecule is CSc1cccc(NCC(C#N)C(F)(F)F)c1. The molecular weight excluding hydrogens is 249 g/mol. The van der Waals surface area contributed by atoms with Crippen molar-refractivity contribution < 1.29 is 13.2 Å². The highest BCUT2D eigenvalue weighted by Gasteiger charge is 2.39. The Morgan fingerprint density at radius 2 is 2.18 bits per heavy atom. The lowest BCUT2D eigenvalue weighted by atomic mass is 10.1. The molecule has 1 unspecified atom stereocenters. The van der Waals surface area contributed by atoms with Crippen molar-refractivity contribution >= 4 is 17.4 Å². The smallest absolute Gasteiger partial charge is 0.383 e. The molecule has 1 aromatic carbocycles. The van der Waals surface area contributed by atoms with E-state index in [4.69, 9.17) is 5.26 Å². The van der Waals surface area contributed by atoms with Gasteiger partial charge in [0.2, 0.25) is 0 Å². The molecule has 0 aliphatic rings. The highest BCUT2D eigenvalue weighted by atomic mass is 32.2. The third-order valence-corrected chi connectivity index (χ3v) is 2.86. The maximum absolute atomic E-state index is 12.3. The van der Waals surface area contributed by atoms with Gasteiger partial charge in [-0.25, -0.2) is 0 Å². The molecule has 1 N–H and O–H groups in total. The van der Waals surface area contributed by atoms with Crippen LogP contribution in [0.3, 0.4) is 0 Å². The number of hydrogen-bond donors (Lipinski definition) is 1. The molecule has 0 amide bonds. The Balaban J connectivity index is 2.64. The molecule has 0 aliphatic carbocycles. The summed E-state index contributed by atoms with van der Waals surface area (Å²) in [5.41, 5.74) is 0.585. The monoisotopic (exact) mass is 260 g/mol. The highest BCUT2D eigenvalue weighted by molar-refractivity contribution is 7.98. The molecule has 0 aliphatic heterocycles. The largest absolute Gasteiger partial charge is 0.406 e. The topological polar surface area (TPSA) is 35.8 Å². The number of nitrogens with zero attached hydrogens (tertiary/aromatic N) is 1. The van der Waals surface area contributed by atoms with E-state index in [1.807, 2.05) is 12.3 Å². The predicted octanol–water partition coefficient (Wildman–Crippen LogP) is 3.52. The lowest BCUT2D eigenvalue weighted by Gasteiger charge is -2.14. The van der Waals surface area contributed by atoms with Crippen LogP contribution in [0.4, 0.5) is 18.9 Å². The van der Waals surface area contributed by atoms with Crippen LogP contribution >= 0.6 is 11.8 Å². The Hall–Kier alpha value is -1.35. The zero-order valence-corrected chi connectivity index (χ0v) is 9.90. The van der Waals surface area contributed by atoms with Crippen LogP contribution in [0.25, 0.3) is 0 Å². The zero-order chi connectivity index (χ0) is 12.9. The van der Waals surface area contributed by atoms with Gasteiger partial charge in [0.05, 0.1) is 6.07 Å². The maximum Gasteiger partial charge on any atom is 0.406 e. The van der Waals surface area contributed by atoms with Crippen LogP contribution in [-0.2, 0) is 0 Å². The van der Waals surface area contributed by atoms with Crippen molar-refractivity contribution in [2.24, 2.45) is 5.92 Å². The minimum Gasteiger partial charge on any atom is -0.383 e. The first-order valence-electron chi connectivity index (χ1n) is 4.81. The van der Waals surface area contributed by atoms with Gasteiger partial charge in [0.25, 0.3) is 0 Å². The normalized spacial score (nSPS) is 12.9. The van der Waals surface area contributed by atoms with E-state index in [-0.39, 0.29) is 0 Å². The number of benzene rings is 1. The molecule has 17 heavy (non-hydrogen) atoms. The van der Waals surface area contributed by atoms with E-state index in [0.29, 0.717) is 5.69 Å². The molecule has 0 saturated heterocycles. The van der Waals surface area contributed by atoms with E-state index < -0.39 is 18.6 Å². The lowest BCUT2D eigenvalue weighted by molar-refractivity contribution is -0.155. The number of rotatable bonds is 4. The van der Waals surface area contributed by atoms with Crippen LogP contribution < -0.4 is 5.32 Å². The van der Waals surface area contributed by atoms with Gasteiger partial charge in [-0.15, -0.1) is 11.8 Å². The Kier molecular flexibility index (Phi) is 4.70. The summed E-state index contributed by atoms with van der Waals surface area (Å²) in [6.07, 6.45) is -2.61. The first kappa shape index (κ1) is 13.7. The number of anilines is 1. The van der Waals surface area contributed by atoms with Gasteiger partial charge in [0.15, 0.2) is 5.92 Å². The van der Waals surface area contributed by atoms with Gasteiger partial charge < -0.3 is 5.32 Å². The second-order valence-electron chi connectivity index (χ2n) is 3.34. The van der Waals surface area contributed by atoms with Crippen molar-refractivity contribution in [3.63, 3.8) is 0 Å². The fraction of sp³-hybridized carbons (Fsp3) is 0.364. The number of nitriles is 1. The maximum atomic E-state index is 12.3. The van der Waals surface area contributed by atoms with Gasteiger partial charge in [-0.1, -0.05) is 6.07 Å². The van der Waals surface area contributed by atoms with Crippen molar-refractivity contribution in [3.05, 3.63) is 24.3 Å². The standard InChI is InChI=1S/C11H11F3N2S/c1-17-10-4-2-3-9(5-10)16-7-8(6-15)11(12,13)14/h2-5,8,16H,7H2,1H3. The van der Waals surface area contributed by atoms with Gasteiger partial charge in [-0.2, -0.15) is 18.4 Å². The van der Waals surface area contributed by atoms with E-state index in [2.05, 4.69) is 5.32 Å². The van der Waals surface area contributed by atoms with Gasteiger partial charge in [0.1, 0.15) is 0 Å². The number of hydrogen-bond acceptors (Lipinski definition) is 3. The molecule has 0 heterocycles. The van der Waals surface area contributed by atoms with Crippen molar-refractivity contribution in [1.29, 1.82) is 5.26 Å². The quantitative estimate of drug-likeness (QED) is 0.841. The summed E-state index contributed by atoms with van der Waals surface area (Å²) < 4.78 is 36.9. The molecule has 1 aromatic rings. The molecule has 0 bridgehead atoms. The lowest BCUT2D eigenvalue weighted by Crippen LogP contribution is -2.28. The second kappa shape index (κ2) is 5.82. The number of alkyl halides is 3. The second-order valence-corrected chi connectivity index (χ2v) is 4.22. The van der Waals surface area contributed by atoms with Crippen molar-refractivity contribution in [2.75, 3.05) is 18.1 Å². The summed E-state index contributed by atoms with van der Waals surface area (Å²) >= 11 is 1.50. The Bertz CT molecular complexity index is 412. The number of halogens is 3.